The Labute approximate surface area is 72.2 Å². The van der Waals surface area contributed by atoms with Gasteiger partial charge in [0, 0.05) is 12.2 Å². The molecule has 64 valence electrons. The van der Waals surface area contributed by atoms with Gasteiger partial charge in [0.2, 0.25) is 0 Å². The first-order valence-corrected chi connectivity index (χ1v) is 3.98. The first kappa shape index (κ1) is 8.94. The van der Waals surface area contributed by atoms with Crippen LogP contribution in [0.1, 0.15) is 22.8 Å². The molecule has 0 saturated heterocycles. The average molecular weight is 164 g/mol. The van der Waals surface area contributed by atoms with Gasteiger partial charge < -0.3 is 4.74 Å². The van der Waals surface area contributed by atoms with E-state index < -0.39 is 0 Å². The molecule has 2 heteroatoms. The van der Waals surface area contributed by atoms with E-state index in [4.69, 9.17) is 4.74 Å². The smallest absolute Gasteiger partial charge is 0.150 e. The number of hydrogen-bond donors (Lipinski definition) is 0. The molecule has 0 fully saturated rings. The zero-order chi connectivity index (χ0) is 8.81. The number of hydrogen-bond acceptors (Lipinski definition) is 2. The predicted octanol–water partition coefficient (Wildman–Crippen LogP) is 2.04. The molecule has 0 unspecified atom stereocenters. The highest BCUT2D eigenvalue weighted by Gasteiger charge is 1.92. The average Bonchev–Trinajstić information content (AvgIpc) is 2.15. The molecule has 12 heavy (non-hydrogen) atoms. The van der Waals surface area contributed by atoms with E-state index in [-0.39, 0.29) is 0 Å². The molecule has 0 atom stereocenters. The summed E-state index contributed by atoms with van der Waals surface area (Å²) in [6.07, 6.45) is 0.838. The quantitative estimate of drug-likeness (QED) is 0.636. The molecular formula is C10H12O2. The standard InChI is InChI=1S/C10H12O2/c1-2-12-8-10-5-3-9(7-11)4-6-10/h3-7H,2,8H2,1H3. The van der Waals surface area contributed by atoms with Crippen LogP contribution in [0.25, 0.3) is 0 Å². The van der Waals surface area contributed by atoms with Crippen molar-refractivity contribution in [1.82, 2.24) is 0 Å². The summed E-state index contributed by atoms with van der Waals surface area (Å²) in [6.45, 7) is 3.30. The van der Waals surface area contributed by atoms with Crippen molar-refractivity contribution in [2.24, 2.45) is 0 Å². The summed E-state index contributed by atoms with van der Waals surface area (Å²) in [5.74, 6) is 0. The molecule has 1 aromatic rings. The fraction of sp³-hybridized carbons (Fsp3) is 0.300. The van der Waals surface area contributed by atoms with E-state index >= 15 is 0 Å². The van der Waals surface area contributed by atoms with Crippen molar-refractivity contribution < 1.29 is 9.53 Å². The van der Waals surface area contributed by atoms with E-state index in [0.717, 1.165) is 18.5 Å². The minimum Gasteiger partial charge on any atom is -0.377 e. The summed E-state index contributed by atoms with van der Waals surface area (Å²) >= 11 is 0. The van der Waals surface area contributed by atoms with Crippen molar-refractivity contribution in [3.63, 3.8) is 0 Å². The highest BCUT2D eigenvalue weighted by Crippen LogP contribution is 2.03. The van der Waals surface area contributed by atoms with Gasteiger partial charge in [-0.25, -0.2) is 0 Å². The second-order valence-corrected chi connectivity index (χ2v) is 2.50. The maximum Gasteiger partial charge on any atom is 0.150 e. The molecule has 0 spiro atoms. The zero-order valence-electron chi connectivity index (χ0n) is 7.12. The van der Waals surface area contributed by atoms with Gasteiger partial charge >= 0.3 is 0 Å². The second kappa shape index (κ2) is 4.67. The highest BCUT2D eigenvalue weighted by molar-refractivity contribution is 5.74. The van der Waals surface area contributed by atoms with E-state index in [1.54, 1.807) is 12.1 Å². The monoisotopic (exact) mass is 164 g/mol. The van der Waals surface area contributed by atoms with Crippen LogP contribution in [0.15, 0.2) is 24.3 Å². The largest absolute Gasteiger partial charge is 0.377 e. The second-order valence-electron chi connectivity index (χ2n) is 2.50. The van der Waals surface area contributed by atoms with E-state index in [1.165, 1.54) is 0 Å². The topological polar surface area (TPSA) is 26.3 Å². The van der Waals surface area contributed by atoms with Crippen molar-refractivity contribution in [1.29, 1.82) is 0 Å². The molecule has 1 rings (SSSR count). The Morgan fingerprint density at radius 2 is 2.00 bits per heavy atom. The lowest BCUT2D eigenvalue weighted by molar-refractivity contribution is 0.112. The maximum atomic E-state index is 10.3. The van der Waals surface area contributed by atoms with Crippen LogP contribution < -0.4 is 0 Å². The van der Waals surface area contributed by atoms with Crippen molar-refractivity contribution in [3.8, 4) is 0 Å². The molecule has 0 heterocycles. The Bertz CT molecular complexity index is 239. The van der Waals surface area contributed by atoms with Crippen LogP contribution in [0.2, 0.25) is 0 Å². The molecule has 0 N–H and O–H groups in total. The summed E-state index contributed by atoms with van der Waals surface area (Å²) in [7, 11) is 0. The Kier molecular flexibility index (Phi) is 3.48. The van der Waals surface area contributed by atoms with Gasteiger partial charge in [0.15, 0.2) is 0 Å². The molecule has 0 aromatic heterocycles. The molecule has 0 aliphatic heterocycles. The van der Waals surface area contributed by atoms with Gasteiger partial charge in [0.1, 0.15) is 6.29 Å². The minimum atomic E-state index is 0.621. The first-order chi connectivity index (χ1) is 5.86. The van der Waals surface area contributed by atoms with E-state index in [9.17, 15) is 4.79 Å². The summed E-state index contributed by atoms with van der Waals surface area (Å²) < 4.78 is 5.20. The Morgan fingerprint density at radius 3 is 2.50 bits per heavy atom. The highest BCUT2D eigenvalue weighted by atomic mass is 16.5. The third-order valence-corrected chi connectivity index (χ3v) is 1.59. The third kappa shape index (κ3) is 2.47. The number of ether oxygens (including phenoxy) is 1. The Morgan fingerprint density at radius 1 is 1.33 bits per heavy atom. The van der Waals surface area contributed by atoms with E-state index in [0.29, 0.717) is 12.2 Å². The number of benzene rings is 1. The lowest BCUT2D eigenvalue weighted by Crippen LogP contribution is -1.91. The van der Waals surface area contributed by atoms with Crippen LogP contribution >= 0.6 is 0 Å². The van der Waals surface area contributed by atoms with Crippen LogP contribution in [-0.2, 0) is 11.3 Å². The molecule has 2 nitrogen and oxygen atoms in total. The Balaban J connectivity index is 2.58. The fourth-order valence-corrected chi connectivity index (χ4v) is 0.912. The van der Waals surface area contributed by atoms with Crippen LogP contribution in [-0.4, -0.2) is 12.9 Å². The summed E-state index contributed by atoms with van der Waals surface area (Å²) in [5.41, 5.74) is 1.80. The van der Waals surface area contributed by atoms with Gasteiger partial charge in [-0.3, -0.25) is 4.79 Å². The van der Waals surface area contributed by atoms with Crippen LogP contribution in [0.3, 0.4) is 0 Å². The SMILES string of the molecule is CCOCc1ccc(C=O)cc1. The number of rotatable bonds is 4. The summed E-state index contributed by atoms with van der Waals surface area (Å²) in [4.78, 5) is 10.3. The molecule has 1 aromatic carbocycles. The van der Waals surface area contributed by atoms with Gasteiger partial charge in [-0.05, 0) is 12.5 Å². The maximum absolute atomic E-state index is 10.3. The number of carbonyl (C=O) groups is 1. The molecule has 0 saturated carbocycles. The molecule has 0 bridgehead atoms. The van der Waals surface area contributed by atoms with Crippen molar-refractivity contribution in [3.05, 3.63) is 35.4 Å². The molecule has 0 aliphatic carbocycles. The van der Waals surface area contributed by atoms with Gasteiger partial charge in [-0.1, -0.05) is 24.3 Å². The van der Waals surface area contributed by atoms with Crippen LogP contribution in [0.5, 0.6) is 0 Å². The number of carbonyl (C=O) groups excluding carboxylic acids is 1. The van der Waals surface area contributed by atoms with Gasteiger partial charge in [0.05, 0.1) is 6.61 Å². The third-order valence-electron chi connectivity index (χ3n) is 1.59. The summed E-state index contributed by atoms with van der Waals surface area (Å²) in [6, 6.07) is 7.39. The van der Waals surface area contributed by atoms with E-state index in [1.807, 2.05) is 19.1 Å². The minimum absolute atomic E-state index is 0.621. The normalized spacial score (nSPS) is 9.75. The number of aldehydes is 1. The van der Waals surface area contributed by atoms with Crippen molar-refractivity contribution in [2.45, 2.75) is 13.5 Å². The molecule has 0 aliphatic rings. The predicted molar refractivity (Wildman–Crippen MR) is 47.2 cm³/mol. The fourth-order valence-electron chi connectivity index (χ4n) is 0.912. The summed E-state index contributed by atoms with van der Waals surface area (Å²) in [5, 5.41) is 0. The zero-order valence-corrected chi connectivity index (χ0v) is 7.12. The van der Waals surface area contributed by atoms with Crippen LogP contribution in [0, 0.1) is 0 Å². The van der Waals surface area contributed by atoms with Crippen LogP contribution in [0.4, 0.5) is 0 Å². The molecule has 0 amide bonds. The Hall–Kier alpha value is -1.15. The first-order valence-electron chi connectivity index (χ1n) is 3.98. The molecule has 0 radical (unpaired) electrons. The van der Waals surface area contributed by atoms with E-state index in [2.05, 4.69) is 0 Å². The van der Waals surface area contributed by atoms with Gasteiger partial charge in [-0.2, -0.15) is 0 Å². The van der Waals surface area contributed by atoms with Gasteiger partial charge in [-0.15, -0.1) is 0 Å². The molecular weight excluding hydrogens is 152 g/mol. The lowest BCUT2D eigenvalue weighted by atomic mass is 10.2. The lowest BCUT2D eigenvalue weighted by Gasteiger charge is -2.00. The van der Waals surface area contributed by atoms with Gasteiger partial charge in [0.25, 0.3) is 0 Å². The van der Waals surface area contributed by atoms with Crippen molar-refractivity contribution in [2.75, 3.05) is 6.61 Å². The van der Waals surface area contributed by atoms with Crippen molar-refractivity contribution >= 4 is 6.29 Å².